The van der Waals surface area contributed by atoms with Crippen molar-refractivity contribution in [2.45, 2.75) is 31.7 Å². The van der Waals surface area contributed by atoms with E-state index >= 15 is 0 Å². The second kappa shape index (κ2) is 6.80. The molecule has 1 aliphatic rings. The van der Waals surface area contributed by atoms with Crippen molar-refractivity contribution in [2.75, 3.05) is 13.0 Å². The van der Waals surface area contributed by atoms with Gasteiger partial charge in [0.25, 0.3) is 5.91 Å². The van der Waals surface area contributed by atoms with Crippen LogP contribution in [0.5, 0.6) is 5.75 Å². The fraction of sp³-hybridized carbons (Fsp3) is 0.533. The average Bonchev–Trinajstić information content (AvgIpc) is 2.48. The molecule has 104 valence electrons. The summed E-state index contributed by atoms with van der Waals surface area (Å²) in [6.07, 6.45) is 4.52. The van der Waals surface area contributed by atoms with Crippen molar-refractivity contribution in [1.29, 1.82) is 0 Å². The molecule has 0 spiro atoms. The van der Waals surface area contributed by atoms with Gasteiger partial charge in [-0.05, 0) is 43.0 Å². The first-order valence-electron chi connectivity index (χ1n) is 6.75. The second-order valence-corrected chi connectivity index (χ2v) is 5.32. The minimum Gasteiger partial charge on any atom is -0.497 e. The van der Waals surface area contributed by atoms with E-state index in [9.17, 15) is 4.79 Å². The number of ether oxygens (including phenoxy) is 1. The second-order valence-electron chi connectivity index (χ2n) is 5.01. The zero-order valence-corrected chi connectivity index (χ0v) is 12.0. The number of carbonyl (C=O) groups excluding carboxylic acids is 1. The van der Waals surface area contributed by atoms with Gasteiger partial charge in [-0.1, -0.05) is 12.8 Å². The Morgan fingerprint density at radius 3 is 2.63 bits per heavy atom. The Balaban J connectivity index is 1.98. The van der Waals surface area contributed by atoms with E-state index in [2.05, 4.69) is 5.32 Å². The average molecular weight is 282 g/mol. The molecule has 0 saturated heterocycles. The third kappa shape index (κ3) is 3.63. The zero-order chi connectivity index (χ0) is 13.7. The minimum absolute atomic E-state index is 0.0235. The molecular formula is C15H20ClNO2. The minimum atomic E-state index is -0.0235. The molecule has 1 aromatic carbocycles. The monoisotopic (exact) mass is 281 g/mol. The number of carbonyl (C=O) groups is 1. The molecule has 2 unspecified atom stereocenters. The lowest BCUT2D eigenvalue weighted by atomic mass is 9.85. The molecule has 2 atom stereocenters. The Hall–Kier alpha value is -1.22. The van der Waals surface area contributed by atoms with Crippen LogP contribution in [0.3, 0.4) is 0 Å². The largest absolute Gasteiger partial charge is 0.497 e. The van der Waals surface area contributed by atoms with E-state index < -0.39 is 0 Å². The Morgan fingerprint density at radius 1 is 1.32 bits per heavy atom. The van der Waals surface area contributed by atoms with E-state index in [4.69, 9.17) is 16.3 Å². The van der Waals surface area contributed by atoms with Crippen molar-refractivity contribution in [3.8, 4) is 5.75 Å². The summed E-state index contributed by atoms with van der Waals surface area (Å²) in [5.41, 5.74) is 0.666. The summed E-state index contributed by atoms with van der Waals surface area (Å²) in [5, 5.41) is 3.11. The van der Waals surface area contributed by atoms with Gasteiger partial charge in [-0.3, -0.25) is 4.79 Å². The Labute approximate surface area is 119 Å². The van der Waals surface area contributed by atoms with E-state index in [1.807, 2.05) is 0 Å². The molecule has 2 rings (SSSR count). The predicted octanol–water partition coefficient (Wildman–Crippen LogP) is 3.22. The lowest BCUT2D eigenvalue weighted by molar-refractivity contribution is 0.0911. The van der Waals surface area contributed by atoms with Crippen LogP contribution in [0.15, 0.2) is 24.3 Å². The third-order valence-electron chi connectivity index (χ3n) is 3.78. The van der Waals surface area contributed by atoms with Gasteiger partial charge in [0.1, 0.15) is 5.75 Å². The van der Waals surface area contributed by atoms with Crippen LogP contribution >= 0.6 is 11.6 Å². The number of nitrogens with one attached hydrogen (secondary N) is 1. The van der Waals surface area contributed by atoms with Crippen LogP contribution in [0, 0.1) is 5.92 Å². The van der Waals surface area contributed by atoms with E-state index in [0.29, 0.717) is 17.4 Å². The number of halogens is 1. The highest BCUT2D eigenvalue weighted by Gasteiger charge is 2.25. The molecule has 1 fully saturated rings. The van der Waals surface area contributed by atoms with Gasteiger partial charge in [0.05, 0.1) is 7.11 Å². The first-order chi connectivity index (χ1) is 9.24. The molecule has 19 heavy (non-hydrogen) atoms. The Morgan fingerprint density at radius 2 is 2.00 bits per heavy atom. The van der Waals surface area contributed by atoms with Gasteiger partial charge in [0, 0.05) is 17.5 Å². The normalized spacial score (nSPS) is 22.8. The van der Waals surface area contributed by atoms with Crippen molar-refractivity contribution in [3.63, 3.8) is 0 Å². The van der Waals surface area contributed by atoms with Crippen molar-refractivity contribution in [2.24, 2.45) is 5.92 Å². The van der Waals surface area contributed by atoms with E-state index in [1.54, 1.807) is 31.4 Å². The molecule has 0 aliphatic heterocycles. The molecule has 1 aromatic rings. The highest BCUT2D eigenvalue weighted by atomic mass is 35.5. The van der Waals surface area contributed by atoms with Gasteiger partial charge in [0.2, 0.25) is 0 Å². The lowest BCUT2D eigenvalue weighted by Crippen LogP contribution is -2.42. The highest BCUT2D eigenvalue weighted by Crippen LogP contribution is 2.25. The fourth-order valence-electron chi connectivity index (χ4n) is 2.58. The van der Waals surface area contributed by atoms with Crippen LogP contribution in [-0.4, -0.2) is 24.9 Å². The quantitative estimate of drug-likeness (QED) is 0.861. The number of benzene rings is 1. The van der Waals surface area contributed by atoms with Crippen LogP contribution < -0.4 is 10.1 Å². The molecule has 1 saturated carbocycles. The predicted molar refractivity (Wildman–Crippen MR) is 76.9 cm³/mol. The maximum atomic E-state index is 12.2. The van der Waals surface area contributed by atoms with Crippen molar-refractivity contribution < 1.29 is 9.53 Å². The molecule has 0 aromatic heterocycles. The first kappa shape index (κ1) is 14.2. The Kier molecular flexibility index (Phi) is 5.08. The molecule has 4 heteroatoms. The van der Waals surface area contributed by atoms with E-state index in [1.165, 1.54) is 12.8 Å². The van der Waals surface area contributed by atoms with Gasteiger partial charge in [-0.25, -0.2) is 0 Å². The van der Waals surface area contributed by atoms with Crippen LogP contribution in [0.2, 0.25) is 0 Å². The summed E-state index contributed by atoms with van der Waals surface area (Å²) >= 11 is 5.98. The number of rotatable bonds is 4. The molecule has 0 radical (unpaired) electrons. The lowest BCUT2D eigenvalue weighted by Gasteiger charge is -2.30. The highest BCUT2D eigenvalue weighted by molar-refractivity contribution is 6.18. The number of alkyl halides is 1. The smallest absolute Gasteiger partial charge is 0.251 e. The van der Waals surface area contributed by atoms with Gasteiger partial charge in [-0.15, -0.1) is 11.6 Å². The first-order valence-corrected chi connectivity index (χ1v) is 7.29. The van der Waals surface area contributed by atoms with Crippen molar-refractivity contribution in [1.82, 2.24) is 5.32 Å². The summed E-state index contributed by atoms with van der Waals surface area (Å²) < 4.78 is 5.08. The molecule has 1 aliphatic carbocycles. The van der Waals surface area contributed by atoms with Crippen LogP contribution in [0.1, 0.15) is 36.0 Å². The number of methoxy groups -OCH3 is 1. The van der Waals surface area contributed by atoms with E-state index in [0.717, 1.165) is 18.6 Å². The standard InChI is InChI=1S/C15H20ClNO2/c1-19-13-8-6-11(7-9-13)15(18)17-14-5-3-2-4-12(14)10-16/h6-9,12,14H,2-5,10H2,1H3,(H,17,18). The van der Waals surface area contributed by atoms with Gasteiger partial charge in [0.15, 0.2) is 0 Å². The summed E-state index contributed by atoms with van der Waals surface area (Å²) in [7, 11) is 1.61. The number of amides is 1. The van der Waals surface area contributed by atoms with Crippen LogP contribution in [0.25, 0.3) is 0 Å². The topological polar surface area (TPSA) is 38.3 Å². The van der Waals surface area contributed by atoms with Gasteiger partial charge < -0.3 is 10.1 Å². The van der Waals surface area contributed by atoms with Crippen LogP contribution in [0.4, 0.5) is 0 Å². The van der Waals surface area contributed by atoms with Gasteiger partial charge >= 0.3 is 0 Å². The SMILES string of the molecule is COc1ccc(C(=O)NC2CCCCC2CCl)cc1. The molecule has 3 nitrogen and oxygen atoms in total. The fourth-order valence-corrected chi connectivity index (χ4v) is 2.95. The zero-order valence-electron chi connectivity index (χ0n) is 11.2. The summed E-state index contributed by atoms with van der Waals surface area (Å²) in [4.78, 5) is 12.2. The van der Waals surface area contributed by atoms with Crippen LogP contribution in [-0.2, 0) is 0 Å². The van der Waals surface area contributed by atoms with Crippen molar-refractivity contribution >= 4 is 17.5 Å². The molecule has 1 N–H and O–H groups in total. The molecule has 0 bridgehead atoms. The third-order valence-corrected chi connectivity index (χ3v) is 4.17. The van der Waals surface area contributed by atoms with Crippen molar-refractivity contribution in [3.05, 3.63) is 29.8 Å². The van der Waals surface area contributed by atoms with Gasteiger partial charge in [-0.2, -0.15) is 0 Å². The molecular weight excluding hydrogens is 262 g/mol. The maximum Gasteiger partial charge on any atom is 0.251 e. The number of hydrogen-bond donors (Lipinski definition) is 1. The molecule has 0 heterocycles. The van der Waals surface area contributed by atoms with E-state index in [-0.39, 0.29) is 11.9 Å². The Bertz CT molecular complexity index is 419. The summed E-state index contributed by atoms with van der Waals surface area (Å²) in [6, 6.07) is 7.38. The summed E-state index contributed by atoms with van der Waals surface area (Å²) in [6.45, 7) is 0. The summed E-state index contributed by atoms with van der Waals surface area (Å²) in [5.74, 6) is 1.75. The molecule has 1 amide bonds. The number of hydrogen-bond acceptors (Lipinski definition) is 2. The maximum absolute atomic E-state index is 12.2.